The summed E-state index contributed by atoms with van der Waals surface area (Å²) in [6.07, 6.45) is 7.84. The fraction of sp³-hybridized carbons (Fsp3) is 0.429. The number of esters is 1. The third kappa shape index (κ3) is 5.05. The molecule has 4 nitrogen and oxygen atoms in total. The number of rotatable bonds is 8. The van der Waals surface area contributed by atoms with Gasteiger partial charge in [0.1, 0.15) is 11.5 Å². The fourth-order valence-corrected chi connectivity index (χ4v) is 2.69. The van der Waals surface area contributed by atoms with E-state index in [4.69, 9.17) is 9.47 Å². The molecule has 0 bridgehead atoms. The summed E-state index contributed by atoms with van der Waals surface area (Å²) in [6.45, 7) is 8.85. The molecule has 0 aliphatic rings. The maximum atomic E-state index is 12.3. The summed E-state index contributed by atoms with van der Waals surface area (Å²) in [7, 11) is 0. The Bertz CT molecular complexity index is 711. The van der Waals surface area contributed by atoms with Crippen LogP contribution in [-0.4, -0.2) is 17.6 Å². The zero-order valence-corrected chi connectivity index (χ0v) is 15.6. The molecule has 0 N–H and O–H groups in total. The number of carbonyl (C=O) groups excluding carboxylic acids is 1. The second kappa shape index (κ2) is 9.21. The molecule has 0 aliphatic heterocycles. The minimum Gasteiger partial charge on any atom is -0.493 e. The first-order chi connectivity index (χ1) is 12.0. The molecule has 0 aliphatic carbocycles. The van der Waals surface area contributed by atoms with Crippen molar-refractivity contribution in [3.63, 3.8) is 0 Å². The topological polar surface area (TPSA) is 48.4 Å². The van der Waals surface area contributed by atoms with Gasteiger partial charge in [-0.15, -0.1) is 0 Å². The molecule has 0 saturated heterocycles. The average Bonchev–Trinajstić information content (AvgIpc) is 2.62. The number of aryl methyl sites for hydroxylation is 1. The number of pyridine rings is 1. The number of benzene rings is 1. The van der Waals surface area contributed by atoms with Gasteiger partial charge < -0.3 is 9.47 Å². The van der Waals surface area contributed by atoms with E-state index in [9.17, 15) is 4.79 Å². The Kier molecular flexibility index (Phi) is 6.99. The Balaban J connectivity index is 2.10. The minimum absolute atomic E-state index is 0.400. The van der Waals surface area contributed by atoms with Gasteiger partial charge >= 0.3 is 5.97 Å². The van der Waals surface area contributed by atoms with Crippen LogP contribution in [0.3, 0.4) is 0 Å². The van der Waals surface area contributed by atoms with Crippen molar-refractivity contribution in [1.29, 1.82) is 0 Å². The van der Waals surface area contributed by atoms with Crippen LogP contribution in [0.5, 0.6) is 11.5 Å². The molecule has 0 saturated carbocycles. The quantitative estimate of drug-likeness (QED) is 0.377. The Hall–Kier alpha value is -2.36. The molecule has 0 amide bonds. The number of ether oxygens (including phenoxy) is 2. The van der Waals surface area contributed by atoms with E-state index in [2.05, 4.69) is 11.9 Å². The maximum Gasteiger partial charge on any atom is 0.345 e. The lowest BCUT2D eigenvalue weighted by Crippen LogP contribution is -2.11. The molecule has 2 aromatic rings. The van der Waals surface area contributed by atoms with Gasteiger partial charge in [0.25, 0.3) is 0 Å². The molecule has 0 unspecified atom stereocenters. The zero-order chi connectivity index (χ0) is 18.2. The number of aromatic nitrogens is 1. The lowest BCUT2D eigenvalue weighted by Gasteiger charge is -2.17. The molecule has 25 heavy (non-hydrogen) atoms. The number of carbonyl (C=O) groups is 1. The number of hydrogen-bond acceptors (Lipinski definition) is 4. The fourth-order valence-electron chi connectivity index (χ4n) is 2.69. The molecule has 0 spiro atoms. The molecule has 2 rings (SSSR count). The molecule has 0 fully saturated rings. The SMILES string of the molecule is CCCCCCOc1c(C)cc(OC(=O)c2cccnc2)c(C)c1C. The van der Waals surface area contributed by atoms with Gasteiger partial charge in [-0.25, -0.2) is 4.79 Å². The van der Waals surface area contributed by atoms with Crippen molar-refractivity contribution in [2.24, 2.45) is 0 Å². The number of unbranched alkanes of at least 4 members (excludes halogenated alkanes) is 3. The Labute approximate surface area is 150 Å². The van der Waals surface area contributed by atoms with Gasteiger partial charge in [0.05, 0.1) is 12.2 Å². The largest absolute Gasteiger partial charge is 0.493 e. The highest BCUT2D eigenvalue weighted by Crippen LogP contribution is 2.33. The average molecular weight is 341 g/mol. The van der Waals surface area contributed by atoms with Gasteiger partial charge in [0.15, 0.2) is 0 Å². The van der Waals surface area contributed by atoms with Gasteiger partial charge in [0.2, 0.25) is 0 Å². The summed E-state index contributed by atoms with van der Waals surface area (Å²) < 4.78 is 11.6. The van der Waals surface area contributed by atoms with Crippen LogP contribution in [-0.2, 0) is 0 Å². The highest BCUT2D eigenvalue weighted by Gasteiger charge is 2.16. The minimum atomic E-state index is -0.400. The van der Waals surface area contributed by atoms with E-state index < -0.39 is 5.97 Å². The molecule has 4 heteroatoms. The van der Waals surface area contributed by atoms with E-state index in [1.807, 2.05) is 26.8 Å². The normalized spacial score (nSPS) is 10.6. The monoisotopic (exact) mass is 341 g/mol. The van der Waals surface area contributed by atoms with Gasteiger partial charge in [0, 0.05) is 12.4 Å². The Morgan fingerprint density at radius 3 is 2.60 bits per heavy atom. The van der Waals surface area contributed by atoms with Gasteiger partial charge in [-0.2, -0.15) is 0 Å². The van der Waals surface area contributed by atoms with Crippen LogP contribution < -0.4 is 9.47 Å². The lowest BCUT2D eigenvalue weighted by atomic mass is 10.0. The highest BCUT2D eigenvalue weighted by atomic mass is 16.5. The molecule has 134 valence electrons. The van der Waals surface area contributed by atoms with Crippen molar-refractivity contribution < 1.29 is 14.3 Å². The van der Waals surface area contributed by atoms with Crippen LogP contribution in [0.15, 0.2) is 30.6 Å². The molecular weight excluding hydrogens is 314 g/mol. The molecule has 1 aromatic carbocycles. The smallest absolute Gasteiger partial charge is 0.345 e. The summed E-state index contributed by atoms with van der Waals surface area (Å²) in [4.78, 5) is 16.2. The maximum absolute atomic E-state index is 12.3. The van der Waals surface area contributed by atoms with Crippen LogP contribution in [0.25, 0.3) is 0 Å². The summed E-state index contributed by atoms with van der Waals surface area (Å²) in [6, 6.07) is 5.28. The van der Waals surface area contributed by atoms with Crippen molar-refractivity contribution >= 4 is 5.97 Å². The van der Waals surface area contributed by atoms with Crippen molar-refractivity contribution in [2.75, 3.05) is 6.61 Å². The summed E-state index contributed by atoms with van der Waals surface area (Å²) in [5.74, 6) is 1.07. The van der Waals surface area contributed by atoms with Crippen molar-refractivity contribution in [3.8, 4) is 11.5 Å². The highest BCUT2D eigenvalue weighted by molar-refractivity contribution is 5.90. The van der Waals surface area contributed by atoms with Crippen molar-refractivity contribution in [1.82, 2.24) is 4.98 Å². The first-order valence-electron chi connectivity index (χ1n) is 8.90. The standard InChI is InChI=1S/C21H27NO3/c1-5-6-7-8-12-24-20-15(2)13-19(16(3)17(20)4)25-21(23)18-10-9-11-22-14-18/h9-11,13-14H,5-8,12H2,1-4H3. The summed E-state index contributed by atoms with van der Waals surface area (Å²) >= 11 is 0. The third-order valence-corrected chi connectivity index (χ3v) is 4.32. The Morgan fingerprint density at radius 1 is 1.12 bits per heavy atom. The molecule has 1 heterocycles. The van der Waals surface area contributed by atoms with Crippen LogP contribution in [0.2, 0.25) is 0 Å². The summed E-state index contributed by atoms with van der Waals surface area (Å²) in [5.41, 5.74) is 3.36. The van der Waals surface area contributed by atoms with Gasteiger partial charge in [-0.3, -0.25) is 4.98 Å². The van der Waals surface area contributed by atoms with Gasteiger partial charge in [-0.1, -0.05) is 26.2 Å². The second-order valence-electron chi connectivity index (χ2n) is 6.31. The second-order valence-corrected chi connectivity index (χ2v) is 6.31. The van der Waals surface area contributed by atoms with Crippen molar-refractivity contribution in [2.45, 2.75) is 53.4 Å². The van der Waals surface area contributed by atoms with E-state index in [-0.39, 0.29) is 0 Å². The van der Waals surface area contributed by atoms with E-state index in [1.165, 1.54) is 25.5 Å². The van der Waals surface area contributed by atoms with E-state index in [0.717, 1.165) is 35.5 Å². The van der Waals surface area contributed by atoms with Crippen LogP contribution in [0.1, 0.15) is 59.7 Å². The van der Waals surface area contributed by atoms with Crippen LogP contribution in [0, 0.1) is 20.8 Å². The molecule has 1 aromatic heterocycles. The van der Waals surface area contributed by atoms with E-state index in [0.29, 0.717) is 11.3 Å². The first-order valence-corrected chi connectivity index (χ1v) is 8.90. The predicted molar refractivity (Wildman–Crippen MR) is 99.5 cm³/mol. The van der Waals surface area contributed by atoms with Crippen LogP contribution >= 0.6 is 0 Å². The van der Waals surface area contributed by atoms with Crippen LogP contribution in [0.4, 0.5) is 0 Å². The van der Waals surface area contributed by atoms with E-state index >= 15 is 0 Å². The molecular formula is C21H27NO3. The molecule has 0 atom stereocenters. The lowest BCUT2D eigenvalue weighted by molar-refractivity contribution is 0.0732. The predicted octanol–water partition coefficient (Wildman–Crippen LogP) is 5.19. The molecule has 0 radical (unpaired) electrons. The van der Waals surface area contributed by atoms with Crippen molar-refractivity contribution in [3.05, 3.63) is 52.8 Å². The number of hydrogen-bond donors (Lipinski definition) is 0. The summed E-state index contributed by atoms with van der Waals surface area (Å²) in [5, 5.41) is 0. The zero-order valence-electron chi connectivity index (χ0n) is 15.6. The van der Waals surface area contributed by atoms with Gasteiger partial charge in [-0.05, 0) is 62.1 Å². The van der Waals surface area contributed by atoms with E-state index in [1.54, 1.807) is 18.3 Å². The first kappa shape index (κ1) is 19.0. The third-order valence-electron chi connectivity index (χ3n) is 4.32. The number of nitrogens with zero attached hydrogens (tertiary/aromatic N) is 1. The Morgan fingerprint density at radius 2 is 1.92 bits per heavy atom.